The molecule has 0 spiro atoms. The van der Waals surface area contributed by atoms with Gasteiger partial charge >= 0.3 is 0 Å². The van der Waals surface area contributed by atoms with Crippen molar-refractivity contribution in [1.82, 2.24) is 20.4 Å². The lowest BCUT2D eigenvalue weighted by atomic mass is 10.1. The number of furan rings is 1. The largest absolute Gasteiger partial charge is 0.459 e. The van der Waals surface area contributed by atoms with Gasteiger partial charge in [0.2, 0.25) is 5.89 Å². The molecule has 1 N–H and O–H groups in total. The maximum absolute atomic E-state index is 12.3. The number of aromatic nitrogens is 2. The molecule has 3 aromatic rings. The molecule has 0 atom stereocenters. The summed E-state index contributed by atoms with van der Waals surface area (Å²) in [5, 5.41) is 6.31. The molecule has 130 valence electrons. The van der Waals surface area contributed by atoms with E-state index < -0.39 is 17.7 Å². The zero-order valence-electron chi connectivity index (χ0n) is 13.3. The van der Waals surface area contributed by atoms with Crippen molar-refractivity contribution in [2.45, 2.75) is 13.1 Å². The topological polar surface area (TPSA) is 119 Å². The number of benzene rings is 1. The molecule has 3 amide bonds. The van der Waals surface area contributed by atoms with E-state index in [0.717, 1.165) is 4.90 Å². The molecule has 9 nitrogen and oxygen atoms in total. The van der Waals surface area contributed by atoms with Gasteiger partial charge in [0.25, 0.3) is 17.7 Å². The normalized spacial score (nSPS) is 13.2. The molecule has 0 bridgehead atoms. The molecule has 9 heteroatoms. The van der Waals surface area contributed by atoms with E-state index in [1.807, 2.05) is 0 Å². The predicted molar refractivity (Wildman–Crippen MR) is 84.8 cm³/mol. The highest BCUT2D eigenvalue weighted by molar-refractivity contribution is 6.21. The molecule has 1 aromatic carbocycles. The van der Waals surface area contributed by atoms with E-state index in [1.54, 1.807) is 30.3 Å². The molecule has 1 aliphatic heterocycles. The molecule has 2 aromatic heterocycles. The minimum Gasteiger partial charge on any atom is -0.459 e. The number of amides is 3. The van der Waals surface area contributed by atoms with Crippen molar-refractivity contribution in [3.8, 4) is 0 Å². The Morgan fingerprint density at radius 1 is 1.08 bits per heavy atom. The second-order valence-electron chi connectivity index (χ2n) is 5.51. The van der Waals surface area contributed by atoms with Gasteiger partial charge in [-0.2, -0.15) is 4.98 Å². The molecule has 1 aliphatic rings. The Morgan fingerprint density at radius 3 is 2.46 bits per heavy atom. The number of hydrogen-bond donors (Lipinski definition) is 1. The van der Waals surface area contributed by atoms with Crippen LogP contribution in [0.25, 0.3) is 0 Å². The Morgan fingerprint density at radius 2 is 1.81 bits per heavy atom. The number of carbonyl (C=O) groups is 3. The van der Waals surface area contributed by atoms with Gasteiger partial charge in [0.05, 0.1) is 30.5 Å². The fraction of sp³-hybridized carbons (Fsp3) is 0.118. The van der Waals surface area contributed by atoms with Crippen molar-refractivity contribution >= 4 is 17.7 Å². The molecule has 0 saturated heterocycles. The standard InChI is InChI=1S/C17H12N4O5/c22-15(12-6-3-7-25-12)18-8-14-19-13(20-26-14)9-21-16(23)10-4-1-2-5-11(10)17(21)24/h1-7H,8-9H2,(H,18,22). The van der Waals surface area contributed by atoms with E-state index in [0.29, 0.717) is 11.1 Å². The van der Waals surface area contributed by atoms with Crippen molar-refractivity contribution in [3.63, 3.8) is 0 Å². The molecule has 0 saturated carbocycles. The van der Waals surface area contributed by atoms with Crippen LogP contribution in [0.5, 0.6) is 0 Å². The first-order valence-corrected chi connectivity index (χ1v) is 7.72. The maximum atomic E-state index is 12.3. The molecular weight excluding hydrogens is 340 g/mol. The SMILES string of the molecule is O=C(NCc1nc(CN2C(=O)c3ccccc3C2=O)no1)c1ccco1. The summed E-state index contributed by atoms with van der Waals surface area (Å²) in [5.41, 5.74) is 0.707. The summed E-state index contributed by atoms with van der Waals surface area (Å²) in [7, 11) is 0. The number of imide groups is 1. The zero-order chi connectivity index (χ0) is 18.1. The molecule has 3 heterocycles. The highest BCUT2D eigenvalue weighted by atomic mass is 16.5. The number of hydrogen-bond acceptors (Lipinski definition) is 7. The lowest BCUT2D eigenvalue weighted by molar-refractivity contribution is 0.0637. The molecule has 0 radical (unpaired) electrons. The fourth-order valence-corrected chi connectivity index (χ4v) is 2.60. The van der Waals surface area contributed by atoms with E-state index in [4.69, 9.17) is 8.94 Å². The first-order chi connectivity index (χ1) is 12.6. The quantitative estimate of drug-likeness (QED) is 0.689. The molecule has 0 aliphatic carbocycles. The Labute approximate surface area is 146 Å². The number of rotatable bonds is 5. The van der Waals surface area contributed by atoms with E-state index >= 15 is 0 Å². The minimum atomic E-state index is -0.421. The Bertz CT molecular complexity index is 957. The third-order valence-corrected chi connectivity index (χ3v) is 3.83. The highest BCUT2D eigenvalue weighted by Gasteiger charge is 2.35. The monoisotopic (exact) mass is 352 g/mol. The van der Waals surface area contributed by atoms with Gasteiger partial charge in [-0.3, -0.25) is 19.3 Å². The predicted octanol–water partition coefficient (Wildman–Crippen LogP) is 1.39. The average molecular weight is 352 g/mol. The van der Waals surface area contributed by atoms with E-state index in [1.165, 1.54) is 12.3 Å². The van der Waals surface area contributed by atoms with Gasteiger partial charge in [-0.05, 0) is 24.3 Å². The second-order valence-corrected chi connectivity index (χ2v) is 5.51. The summed E-state index contributed by atoms with van der Waals surface area (Å²) in [6.45, 7) is -0.114. The Kier molecular flexibility index (Phi) is 3.81. The van der Waals surface area contributed by atoms with Gasteiger partial charge < -0.3 is 14.3 Å². The van der Waals surface area contributed by atoms with Crippen molar-refractivity contribution < 1.29 is 23.3 Å². The summed E-state index contributed by atoms with van der Waals surface area (Å²) in [6.07, 6.45) is 1.39. The van der Waals surface area contributed by atoms with Crippen LogP contribution in [-0.4, -0.2) is 32.8 Å². The van der Waals surface area contributed by atoms with Crippen LogP contribution in [0.15, 0.2) is 51.6 Å². The Hall–Kier alpha value is -3.75. The van der Waals surface area contributed by atoms with E-state index in [-0.39, 0.29) is 30.6 Å². The van der Waals surface area contributed by atoms with Gasteiger partial charge in [0, 0.05) is 0 Å². The Balaban J connectivity index is 1.41. The van der Waals surface area contributed by atoms with Crippen LogP contribution in [0.1, 0.15) is 43.0 Å². The van der Waals surface area contributed by atoms with Gasteiger partial charge in [0.1, 0.15) is 0 Å². The summed E-state index contributed by atoms with van der Waals surface area (Å²) in [5.74, 6) is -0.740. The minimum absolute atomic E-state index is 0.00531. The van der Waals surface area contributed by atoms with Gasteiger partial charge in [-0.25, -0.2) is 0 Å². The van der Waals surface area contributed by atoms with Crippen LogP contribution in [0, 0.1) is 0 Å². The van der Waals surface area contributed by atoms with Crippen molar-refractivity contribution in [1.29, 1.82) is 0 Å². The lowest BCUT2D eigenvalue weighted by Gasteiger charge is -2.10. The number of nitrogens with one attached hydrogen (secondary N) is 1. The highest BCUT2D eigenvalue weighted by Crippen LogP contribution is 2.23. The van der Waals surface area contributed by atoms with Crippen LogP contribution in [0.3, 0.4) is 0 Å². The van der Waals surface area contributed by atoms with Gasteiger partial charge in [-0.15, -0.1) is 0 Å². The molecular formula is C17H12N4O5. The fourth-order valence-electron chi connectivity index (χ4n) is 2.60. The van der Waals surface area contributed by atoms with Crippen molar-refractivity contribution in [2.24, 2.45) is 0 Å². The third kappa shape index (κ3) is 2.75. The van der Waals surface area contributed by atoms with Crippen LogP contribution >= 0.6 is 0 Å². The summed E-state index contributed by atoms with van der Waals surface area (Å²) >= 11 is 0. The smallest absolute Gasteiger partial charge is 0.287 e. The van der Waals surface area contributed by atoms with E-state index in [2.05, 4.69) is 15.5 Å². The molecule has 26 heavy (non-hydrogen) atoms. The maximum Gasteiger partial charge on any atom is 0.287 e. The second kappa shape index (κ2) is 6.28. The van der Waals surface area contributed by atoms with Crippen LogP contribution in [0.2, 0.25) is 0 Å². The van der Waals surface area contributed by atoms with Crippen LogP contribution in [-0.2, 0) is 13.1 Å². The van der Waals surface area contributed by atoms with Crippen LogP contribution in [0.4, 0.5) is 0 Å². The average Bonchev–Trinajstić information content (AvgIpc) is 3.38. The summed E-state index contributed by atoms with van der Waals surface area (Å²) < 4.78 is 10.0. The molecule has 4 rings (SSSR count). The van der Waals surface area contributed by atoms with Crippen molar-refractivity contribution in [3.05, 3.63) is 71.3 Å². The molecule has 0 unspecified atom stereocenters. The van der Waals surface area contributed by atoms with Gasteiger partial charge in [-0.1, -0.05) is 17.3 Å². The first kappa shape index (κ1) is 15.8. The summed E-state index contributed by atoms with van der Waals surface area (Å²) in [4.78, 5) is 41.6. The lowest BCUT2D eigenvalue weighted by Crippen LogP contribution is -2.29. The number of nitrogens with zero attached hydrogens (tertiary/aromatic N) is 3. The van der Waals surface area contributed by atoms with E-state index in [9.17, 15) is 14.4 Å². The summed E-state index contributed by atoms with van der Waals surface area (Å²) in [6, 6.07) is 9.71. The van der Waals surface area contributed by atoms with Crippen molar-refractivity contribution in [2.75, 3.05) is 0 Å². The first-order valence-electron chi connectivity index (χ1n) is 7.72. The number of fused-ring (bicyclic) bond motifs is 1. The third-order valence-electron chi connectivity index (χ3n) is 3.83. The van der Waals surface area contributed by atoms with Crippen LogP contribution < -0.4 is 5.32 Å². The van der Waals surface area contributed by atoms with Gasteiger partial charge in [0.15, 0.2) is 11.6 Å². The zero-order valence-corrected chi connectivity index (χ0v) is 13.3. The number of carbonyl (C=O) groups excluding carboxylic acids is 3. The molecule has 0 fully saturated rings.